The zero-order valence-corrected chi connectivity index (χ0v) is 9.08. The minimum Gasteiger partial charge on any atom is -0.507 e. The fourth-order valence-corrected chi connectivity index (χ4v) is 1.14. The minimum absolute atomic E-state index is 0.468. The number of rotatable bonds is 2. The lowest BCUT2D eigenvalue weighted by Gasteiger charge is -2.15. The summed E-state index contributed by atoms with van der Waals surface area (Å²) < 4.78 is 37.2. The lowest BCUT2D eigenvalue weighted by molar-refractivity contribution is -0.137. The molecule has 0 heterocycles. The molecule has 1 rings (SSSR count). The molecule has 0 fully saturated rings. The van der Waals surface area contributed by atoms with Gasteiger partial charge in [0, 0.05) is 7.05 Å². The Morgan fingerprint density at radius 3 is 2.47 bits per heavy atom. The number of hydroxylamine groups is 2. The molecule has 0 unspecified atom stereocenters. The molecule has 0 atom stereocenters. The molecule has 0 radical (unpaired) electrons. The fourth-order valence-electron chi connectivity index (χ4n) is 1.14. The maximum absolute atomic E-state index is 12.4. The average Bonchev–Trinajstić information content (AvgIpc) is 2.26. The molecular weight excluding hydrogens is 239 g/mol. The van der Waals surface area contributed by atoms with E-state index in [1.165, 1.54) is 14.2 Å². The normalized spacial score (nSPS) is 11.4. The van der Waals surface area contributed by atoms with Crippen molar-refractivity contribution in [1.82, 2.24) is 5.06 Å². The van der Waals surface area contributed by atoms with Crippen LogP contribution in [0.25, 0.3) is 0 Å². The van der Waals surface area contributed by atoms with Crippen LogP contribution in [0, 0.1) is 0 Å². The first-order valence-corrected chi connectivity index (χ1v) is 4.49. The Morgan fingerprint density at radius 2 is 2.00 bits per heavy atom. The van der Waals surface area contributed by atoms with Crippen LogP contribution in [0.4, 0.5) is 13.2 Å². The third-order valence-electron chi connectivity index (χ3n) is 2.11. The Bertz CT molecular complexity index is 431. The second-order valence-electron chi connectivity index (χ2n) is 3.21. The Labute approximate surface area is 95.2 Å². The molecule has 7 heteroatoms. The molecule has 0 aromatic heterocycles. The van der Waals surface area contributed by atoms with Crippen LogP contribution >= 0.6 is 0 Å². The highest BCUT2D eigenvalue weighted by Crippen LogP contribution is 2.32. The van der Waals surface area contributed by atoms with Gasteiger partial charge in [-0.05, 0) is 18.2 Å². The van der Waals surface area contributed by atoms with E-state index >= 15 is 0 Å². The number of phenolic OH excluding ortho intramolecular Hbond substituents is 1. The molecule has 1 aromatic carbocycles. The van der Waals surface area contributed by atoms with E-state index in [1.54, 1.807) is 0 Å². The van der Waals surface area contributed by atoms with Gasteiger partial charge in [-0.25, -0.2) is 5.06 Å². The first-order valence-electron chi connectivity index (χ1n) is 4.49. The molecule has 17 heavy (non-hydrogen) atoms. The van der Waals surface area contributed by atoms with Crippen molar-refractivity contribution in [3.8, 4) is 5.75 Å². The van der Waals surface area contributed by atoms with E-state index in [0.29, 0.717) is 12.1 Å². The second-order valence-corrected chi connectivity index (χ2v) is 3.21. The predicted octanol–water partition coefficient (Wildman–Crippen LogP) is 2.04. The summed E-state index contributed by atoms with van der Waals surface area (Å²) in [6.07, 6.45) is -4.58. The van der Waals surface area contributed by atoms with Gasteiger partial charge in [0.1, 0.15) is 5.75 Å². The van der Waals surface area contributed by atoms with Crippen molar-refractivity contribution in [2.45, 2.75) is 6.18 Å². The van der Waals surface area contributed by atoms with Crippen molar-refractivity contribution in [2.75, 3.05) is 14.2 Å². The van der Waals surface area contributed by atoms with E-state index in [0.717, 1.165) is 11.1 Å². The topological polar surface area (TPSA) is 49.8 Å². The maximum atomic E-state index is 12.4. The van der Waals surface area contributed by atoms with Crippen LogP contribution in [0.1, 0.15) is 15.9 Å². The number of halogens is 3. The first kappa shape index (κ1) is 13.3. The van der Waals surface area contributed by atoms with Gasteiger partial charge >= 0.3 is 6.18 Å². The monoisotopic (exact) mass is 249 g/mol. The number of hydrogen-bond donors (Lipinski definition) is 1. The summed E-state index contributed by atoms with van der Waals surface area (Å²) in [4.78, 5) is 16.1. The van der Waals surface area contributed by atoms with Gasteiger partial charge in [-0.15, -0.1) is 0 Å². The molecule has 0 aliphatic rings. The van der Waals surface area contributed by atoms with Crippen LogP contribution in [0.2, 0.25) is 0 Å². The number of nitrogens with zero attached hydrogens (tertiary/aromatic N) is 1. The number of benzene rings is 1. The van der Waals surface area contributed by atoms with Crippen molar-refractivity contribution in [1.29, 1.82) is 0 Å². The van der Waals surface area contributed by atoms with Crippen LogP contribution in [0.3, 0.4) is 0 Å². The van der Waals surface area contributed by atoms with Crippen molar-refractivity contribution in [3.63, 3.8) is 0 Å². The summed E-state index contributed by atoms with van der Waals surface area (Å²) in [5.74, 6) is -1.40. The number of aromatic hydroxyl groups is 1. The Hall–Kier alpha value is -1.76. The highest BCUT2D eigenvalue weighted by atomic mass is 19.4. The predicted molar refractivity (Wildman–Crippen MR) is 52.2 cm³/mol. The molecule has 0 spiro atoms. The highest BCUT2D eigenvalue weighted by Gasteiger charge is 2.32. The lowest BCUT2D eigenvalue weighted by Crippen LogP contribution is -2.25. The van der Waals surface area contributed by atoms with E-state index in [-0.39, 0.29) is 0 Å². The molecule has 0 bridgehead atoms. The van der Waals surface area contributed by atoms with E-state index in [9.17, 15) is 23.1 Å². The Morgan fingerprint density at radius 1 is 1.41 bits per heavy atom. The molecule has 94 valence electrons. The van der Waals surface area contributed by atoms with Gasteiger partial charge in [-0.3, -0.25) is 9.63 Å². The van der Waals surface area contributed by atoms with Gasteiger partial charge in [-0.1, -0.05) is 0 Å². The van der Waals surface area contributed by atoms with E-state index in [1.807, 2.05) is 0 Å². The average molecular weight is 249 g/mol. The fraction of sp³-hybridized carbons (Fsp3) is 0.300. The minimum atomic E-state index is -4.58. The van der Waals surface area contributed by atoms with E-state index in [2.05, 4.69) is 4.84 Å². The Balaban J connectivity index is 3.20. The summed E-state index contributed by atoms with van der Waals surface area (Å²) in [5.41, 5.74) is -1.48. The smallest absolute Gasteiger partial charge is 0.416 e. The number of amides is 1. The SMILES string of the molecule is CON(C)C(=O)c1cc(C(F)(F)F)ccc1O. The molecule has 1 amide bonds. The molecule has 1 N–H and O–H groups in total. The zero-order chi connectivity index (χ0) is 13.2. The van der Waals surface area contributed by atoms with Gasteiger partial charge in [-0.2, -0.15) is 13.2 Å². The molecule has 0 saturated heterocycles. The molecule has 4 nitrogen and oxygen atoms in total. The van der Waals surface area contributed by atoms with Crippen LogP contribution < -0.4 is 0 Å². The number of alkyl halides is 3. The van der Waals surface area contributed by atoms with Crippen LogP contribution in [0.5, 0.6) is 5.75 Å². The highest BCUT2D eigenvalue weighted by molar-refractivity contribution is 5.96. The van der Waals surface area contributed by atoms with Crippen molar-refractivity contribution in [2.24, 2.45) is 0 Å². The largest absolute Gasteiger partial charge is 0.507 e. The molecule has 1 aromatic rings. The van der Waals surface area contributed by atoms with Crippen molar-refractivity contribution >= 4 is 5.91 Å². The summed E-state index contributed by atoms with van der Waals surface area (Å²) >= 11 is 0. The van der Waals surface area contributed by atoms with Gasteiger partial charge in [0.25, 0.3) is 5.91 Å². The van der Waals surface area contributed by atoms with Crippen LogP contribution in [-0.2, 0) is 11.0 Å². The second kappa shape index (κ2) is 4.62. The molecule has 0 saturated carbocycles. The van der Waals surface area contributed by atoms with Crippen LogP contribution in [-0.4, -0.2) is 30.2 Å². The lowest BCUT2D eigenvalue weighted by atomic mass is 10.1. The molecule has 0 aliphatic carbocycles. The summed E-state index contributed by atoms with van der Waals surface area (Å²) in [6, 6.07) is 2.09. The summed E-state index contributed by atoms with van der Waals surface area (Å²) in [7, 11) is 2.41. The summed E-state index contributed by atoms with van der Waals surface area (Å²) in [5, 5.41) is 10.1. The first-order chi connectivity index (χ1) is 7.77. The number of carbonyl (C=O) groups excluding carboxylic acids is 1. The summed E-state index contributed by atoms with van der Waals surface area (Å²) in [6.45, 7) is 0. The van der Waals surface area contributed by atoms with Gasteiger partial charge in [0.15, 0.2) is 0 Å². The third kappa shape index (κ3) is 2.88. The quantitative estimate of drug-likeness (QED) is 0.816. The number of phenols is 1. The Kier molecular flexibility index (Phi) is 3.62. The van der Waals surface area contributed by atoms with Gasteiger partial charge < -0.3 is 5.11 Å². The standard InChI is InChI=1S/C10H10F3NO3/c1-14(17-2)9(16)7-5-6(10(11,12)13)3-4-8(7)15/h3-5,15H,1-2H3. The number of hydrogen-bond acceptors (Lipinski definition) is 3. The van der Waals surface area contributed by atoms with Gasteiger partial charge in [0.2, 0.25) is 0 Å². The zero-order valence-electron chi connectivity index (χ0n) is 9.08. The van der Waals surface area contributed by atoms with Crippen LogP contribution in [0.15, 0.2) is 18.2 Å². The van der Waals surface area contributed by atoms with E-state index in [4.69, 9.17) is 0 Å². The van der Waals surface area contributed by atoms with E-state index < -0.39 is 29.0 Å². The molecule has 0 aliphatic heterocycles. The van der Waals surface area contributed by atoms with Gasteiger partial charge in [0.05, 0.1) is 18.2 Å². The van der Waals surface area contributed by atoms with Crippen molar-refractivity contribution in [3.05, 3.63) is 29.3 Å². The maximum Gasteiger partial charge on any atom is 0.416 e. The number of carbonyl (C=O) groups is 1. The molecular formula is C10H10F3NO3. The third-order valence-corrected chi connectivity index (χ3v) is 2.11. The van der Waals surface area contributed by atoms with Crippen molar-refractivity contribution < 1.29 is 27.9 Å².